The number of benzene rings is 1. The number of nitrogens with one attached hydrogen (secondary N) is 2. The predicted octanol–water partition coefficient (Wildman–Crippen LogP) is 3.15. The van der Waals surface area contributed by atoms with E-state index in [1.54, 1.807) is 25.5 Å². The van der Waals surface area contributed by atoms with Gasteiger partial charge in [-0.2, -0.15) is 5.10 Å². The van der Waals surface area contributed by atoms with Crippen molar-refractivity contribution in [2.75, 3.05) is 18.5 Å². The number of anilines is 1. The zero-order chi connectivity index (χ0) is 22.4. The van der Waals surface area contributed by atoms with Crippen LogP contribution in [0.3, 0.4) is 0 Å². The van der Waals surface area contributed by atoms with E-state index in [4.69, 9.17) is 9.47 Å². The first kappa shape index (κ1) is 22.3. The molecule has 1 aromatic carbocycles. The van der Waals surface area contributed by atoms with Gasteiger partial charge in [-0.1, -0.05) is 18.2 Å². The molecule has 1 aliphatic rings. The zero-order valence-corrected chi connectivity index (χ0v) is 18.0. The molecule has 1 aromatic heterocycles. The van der Waals surface area contributed by atoms with Gasteiger partial charge in [0.25, 0.3) is 5.91 Å². The molecule has 3 rings (SSSR count). The Labute approximate surface area is 181 Å². The van der Waals surface area contributed by atoms with Crippen molar-refractivity contribution in [3.8, 4) is 5.69 Å². The monoisotopic (exact) mass is 428 g/mol. The molecule has 0 radical (unpaired) electrons. The molecule has 31 heavy (non-hydrogen) atoms. The summed E-state index contributed by atoms with van der Waals surface area (Å²) in [5.74, 6) is -0.106. The molecule has 1 saturated carbocycles. The molecule has 166 valence electrons. The maximum atomic E-state index is 12.3. The molecular formula is C22H28N4O5. The lowest BCUT2D eigenvalue weighted by Gasteiger charge is -2.19. The van der Waals surface area contributed by atoms with Crippen LogP contribution in [-0.4, -0.2) is 46.5 Å². The number of carbonyl (C=O) groups excluding carboxylic acids is 3. The molecule has 2 N–H and O–H groups in total. The summed E-state index contributed by atoms with van der Waals surface area (Å²) in [4.78, 5) is 35.7. The molecule has 9 heteroatoms. The molecule has 0 atom stereocenters. The highest BCUT2D eigenvalue weighted by atomic mass is 16.6. The Kier molecular flexibility index (Phi) is 6.94. The van der Waals surface area contributed by atoms with Gasteiger partial charge >= 0.3 is 12.1 Å². The van der Waals surface area contributed by atoms with Crippen molar-refractivity contribution in [2.45, 2.75) is 51.6 Å². The Bertz CT molecular complexity index is 929. The van der Waals surface area contributed by atoms with Gasteiger partial charge in [0.2, 0.25) is 0 Å². The molecule has 1 aliphatic carbocycles. The molecule has 1 heterocycles. The van der Waals surface area contributed by atoms with E-state index in [9.17, 15) is 14.4 Å². The number of carbonyl (C=O) groups is 3. The molecular weight excluding hydrogens is 400 g/mol. The summed E-state index contributed by atoms with van der Waals surface area (Å²) in [6, 6.07) is 11.4. The van der Waals surface area contributed by atoms with Gasteiger partial charge in [-0.05, 0) is 45.7 Å². The normalized spacial score (nSPS) is 13.4. The standard InChI is InChI=1S/C22H28N4O5/c1-22(2,3)31-21(29)23-12-11-20(28)30-14-19(27)24-18-13-17(15-9-10-15)25-26(18)16-7-5-4-6-8-16/h4-8,13,15H,9-12,14H2,1-3H3,(H,23,29)(H,24,27). The highest BCUT2D eigenvalue weighted by Gasteiger charge is 2.28. The average molecular weight is 428 g/mol. The minimum atomic E-state index is -0.617. The first-order valence-corrected chi connectivity index (χ1v) is 10.3. The smallest absolute Gasteiger partial charge is 0.407 e. The summed E-state index contributed by atoms with van der Waals surface area (Å²) in [5, 5.41) is 9.85. The summed E-state index contributed by atoms with van der Waals surface area (Å²) < 4.78 is 11.8. The minimum absolute atomic E-state index is 0.0564. The number of aromatic nitrogens is 2. The van der Waals surface area contributed by atoms with Crippen molar-refractivity contribution < 1.29 is 23.9 Å². The second-order valence-corrected chi connectivity index (χ2v) is 8.36. The van der Waals surface area contributed by atoms with Crippen LogP contribution in [-0.2, 0) is 19.1 Å². The topological polar surface area (TPSA) is 112 Å². The van der Waals surface area contributed by atoms with E-state index in [1.165, 1.54) is 0 Å². The number of esters is 1. The van der Waals surface area contributed by atoms with Crippen LogP contribution < -0.4 is 10.6 Å². The van der Waals surface area contributed by atoms with Crippen molar-refractivity contribution in [3.63, 3.8) is 0 Å². The minimum Gasteiger partial charge on any atom is -0.456 e. The number of para-hydroxylation sites is 1. The molecule has 2 amide bonds. The Balaban J connectivity index is 1.47. The van der Waals surface area contributed by atoms with Crippen molar-refractivity contribution in [3.05, 3.63) is 42.1 Å². The largest absolute Gasteiger partial charge is 0.456 e. The fraction of sp³-hybridized carbons (Fsp3) is 0.455. The van der Waals surface area contributed by atoms with Crippen molar-refractivity contribution >= 4 is 23.8 Å². The van der Waals surface area contributed by atoms with E-state index in [-0.39, 0.29) is 13.0 Å². The third-order valence-corrected chi connectivity index (χ3v) is 4.35. The summed E-state index contributed by atoms with van der Waals surface area (Å²) in [7, 11) is 0. The summed E-state index contributed by atoms with van der Waals surface area (Å²) in [6.45, 7) is 4.87. The van der Waals surface area contributed by atoms with E-state index in [0.29, 0.717) is 11.7 Å². The molecule has 0 spiro atoms. The van der Waals surface area contributed by atoms with Crippen LogP contribution in [0.4, 0.5) is 10.6 Å². The quantitative estimate of drug-likeness (QED) is 0.625. The Morgan fingerprint density at radius 3 is 2.52 bits per heavy atom. The van der Waals surface area contributed by atoms with E-state index in [0.717, 1.165) is 24.2 Å². The van der Waals surface area contributed by atoms with Gasteiger partial charge in [-0.3, -0.25) is 9.59 Å². The van der Waals surface area contributed by atoms with Gasteiger partial charge in [0.1, 0.15) is 11.4 Å². The second kappa shape index (κ2) is 9.63. The van der Waals surface area contributed by atoms with Gasteiger partial charge in [0, 0.05) is 18.5 Å². The van der Waals surface area contributed by atoms with Crippen LogP contribution in [0.15, 0.2) is 36.4 Å². The van der Waals surface area contributed by atoms with Crippen LogP contribution in [0.5, 0.6) is 0 Å². The zero-order valence-electron chi connectivity index (χ0n) is 18.0. The third-order valence-electron chi connectivity index (χ3n) is 4.35. The van der Waals surface area contributed by atoms with Gasteiger partial charge in [-0.25, -0.2) is 9.48 Å². The first-order chi connectivity index (χ1) is 14.7. The van der Waals surface area contributed by atoms with Gasteiger partial charge in [-0.15, -0.1) is 0 Å². The molecule has 0 bridgehead atoms. The van der Waals surface area contributed by atoms with Crippen molar-refractivity contribution in [1.29, 1.82) is 0 Å². The van der Waals surface area contributed by atoms with Crippen molar-refractivity contribution in [2.24, 2.45) is 0 Å². The van der Waals surface area contributed by atoms with Crippen LogP contribution >= 0.6 is 0 Å². The van der Waals surface area contributed by atoms with E-state index < -0.39 is 30.2 Å². The molecule has 0 aliphatic heterocycles. The molecule has 0 unspecified atom stereocenters. The highest BCUT2D eigenvalue weighted by molar-refractivity contribution is 5.92. The van der Waals surface area contributed by atoms with Crippen LogP contribution in [0.2, 0.25) is 0 Å². The SMILES string of the molecule is CC(C)(C)OC(=O)NCCC(=O)OCC(=O)Nc1cc(C2CC2)nn1-c1ccccc1. The lowest BCUT2D eigenvalue weighted by atomic mass is 10.2. The van der Waals surface area contributed by atoms with Crippen LogP contribution in [0.1, 0.15) is 51.6 Å². The average Bonchev–Trinajstić information content (AvgIpc) is 3.46. The Hall–Kier alpha value is -3.36. The van der Waals surface area contributed by atoms with Gasteiger partial charge < -0.3 is 20.1 Å². The predicted molar refractivity (Wildman–Crippen MR) is 114 cm³/mol. The number of hydrogen-bond donors (Lipinski definition) is 2. The maximum Gasteiger partial charge on any atom is 0.407 e. The number of amides is 2. The van der Waals surface area contributed by atoms with Crippen LogP contribution in [0.25, 0.3) is 5.69 Å². The number of alkyl carbamates (subject to hydrolysis) is 1. The lowest BCUT2D eigenvalue weighted by molar-refractivity contribution is -0.147. The van der Waals surface area contributed by atoms with Gasteiger partial charge in [0.15, 0.2) is 6.61 Å². The summed E-state index contributed by atoms with van der Waals surface area (Å²) >= 11 is 0. The second-order valence-electron chi connectivity index (χ2n) is 8.36. The van der Waals surface area contributed by atoms with E-state index in [2.05, 4.69) is 15.7 Å². The van der Waals surface area contributed by atoms with Gasteiger partial charge in [0.05, 0.1) is 17.8 Å². The molecule has 2 aromatic rings. The Morgan fingerprint density at radius 1 is 1.16 bits per heavy atom. The highest BCUT2D eigenvalue weighted by Crippen LogP contribution is 2.40. The number of nitrogens with zero attached hydrogens (tertiary/aromatic N) is 2. The van der Waals surface area contributed by atoms with E-state index in [1.807, 2.05) is 36.4 Å². The molecule has 0 saturated heterocycles. The number of rotatable bonds is 8. The fourth-order valence-corrected chi connectivity index (χ4v) is 2.81. The van der Waals surface area contributed by atoms with Crippen molar-refractivity contribution in [1.82, 2.24) is 15.1 Å². The lowest BCUT2D eigenvalue weighted by Crippen LogP contribution is -2.34. The molecule has 9 nitrogen and oxygen atoms in total. The fourth-order valence-electron chi connectivity index (χ4n) is 2.81. The number of hydrogen-bond acceptors (Lipinski definition) is 6. The van der Waals surface area contributed by atoms with Crippen LogP contribution in [0, 0.1) is 0 Å². The number of ether oxygens (including phenoxy) is 2. The summed E-state index contributed by atoms with van der Waals surface area (Å²) in [6.07, 6.45) is 1.50. The maximum absolute atomic E-state index is 12.3. The van der Waals surface area contributed by atoms with E-state index >= 15 is 0 Å². The third kappa shape index (κ3) is 7.13. The Morgan fingerprint density at radius 2 is 1.87 bits per heavy atom. The first-order valence-electron chi connectivity index (χ1n) is 10.3. The molecule has 1 fully saturated rings. The summed E-state index contributed by atoms with van der Waals surface area (Å²) in [5.41, 5.74) is 1.15.